The van der Waals surface area contributed by atoms with Gasteiger partial charge in [0.1, 0.15) is 11.8 Å². The van der Waals surface area contributed by atoms with Crippen molar-refractivity contribution in [3.8, 4) is 23.1 Å². The molecule has 0 N–H and O–H groups in total. The van der Waals surface area contributed by atoms with Crippen molar-refractivity contribution in [2.75, 3.05) is 24.6 Å². The summed E-state index contributed by atoms with van der Waals surface area (Å²) in [6.45, 7) is 3.54. The molecule has 2 fully saturated rings. The first-order valence-corrected chi connectivity index (χ1v) is 9.67. The van der Waals surface area contributed by atoms with E-state index in [0.717, 1.165) is 53.2 Å². The second-order valence-corrected chi connectivity index (χ2v) is 8.24. The fourth-order valence-electron chi connectivity index (χ4n) is 4.21. The van der Waals surface area contributed by atoms with Gasteiger partial charge in [-0.25, -0.2) is 0 Å². The summed E-state index contributed by atoms with van der Waals surface area (Å²) < 4.78 is 8.89. The second kappa shape index (κ2) is 5.50. The van der Waals surface area contributed by atoms with Gasteiger partial charge in [-0.15, -0.1) is 0 Å². The number of ether oxygens (including phenoxy) is 1. The minimum absolute atomic E-state index is 0.524. The molecule has 1 spiro atoms. The Morgan fingerprint density at radius 1 is 1.24 bits per heavy atom. The third-order valence-electron chi connectivity index (χ3n) is 5.80. The number of hydrogen-bond donors (Lipinski definition) is 0. The van der Waals surface area contributed by atoms with Crippen molar-refractivity contribution in [2.45, 2.75) is 32.2 Å². The predicted molar refractivity (Wildman–Crippen MR) is 98.7 cm³/mol. The van der Waals surface area contributed by atoms with Crippen LogP contribution in [0.2, 0.25) is 0 Å². The highest BCUT2D eigenvalue weighted by atomic mass is 79.9. The highest BCUT2D eigenvalue weighted by Crippen LogP contribution is 2.54. The summed E-state index contributed by atoms with van der Waals surface area (Å²) >= 11 is 3.62. The van der Waals surface area contributed by atoms with Crippen LogP contribution in [-0.4, -0.2) is 29.5 Å². The third-order valence-corrected chi connectivity index (χ3v) is 6.38. The SMILES string of the molecule is N#Cc1c(N2CCC3(CC3)C2)ccc2c1-c1c(Br)cnn1CCCO2. The van der Waals surface area contributed by atoms with Crippen LogP contribution in [0.3, 0.4) is 0 Å². The van der Waals surface area contributed by atoms with Gasteiger partial charge in [0.05, 0.1) is 39.8 Å². The van der Waals surface area contributed by atoms with Crippen molar-refractivity contribution in [2.24, 2.45) is 5.41 Å². The Morgan fingerprint density at radius 3 is 2.88 bits per heavy atom. The standard InChI is InChI=1S/C19H19BrN4O/c20-14-11-22-24-7-1-9-25-16-3-2-15(13(10-21)17(16)18(14)24)23-8-6-19(12-23)4-5-19/h2-3,11H,1,4-9,12H2. The van der Waals surface area contributed by atoms with Gasteiger partial charge in [-0.05, 0) is 52.7 Å². The Labute approximate surface area is 155 Å². The molecule has 0 bridgehead atoms. The Balaban J connectivity index is 1.69. The van der Waals surface area contributed by atoms with Gasteiger partial charge in [0.25, 0.3) is 0 Å². The minimum atomic E-state index is 0.524. The number of rotatable bonds is 1. The largest absolute Gasteiger partial charge is 0.493 e. The molecule has 128 valence electrons. The Morgan fingerprint density at radius 2 is 2.12 bits per heavy atom. The van der Waals surface area contributed by atoms with Gasteiger partial charge in [0.2, 0.25) is 0 Å². The van der Waals surface area contributed by atoms with E-state index in [0.29, 0.717) is 17.6 Å². The lowest BCUT2D eigenvalue weighted by atomic mass is 10.0. The van der Waals surface area contributed by atoms with Crippen LogP contribution in [0.15, 0.2) is 22.8 Å². The lowest BCUT2D eigenvalue weighted by Crippen LogP contribution is -2.22. The van der Waals surface area contributed by atoms with Gasteiger partial charge >= 0.3 is 0 Å². The highest BCUT2D eigenvalue weighted by molar-refractivity contribution is 9.10. The minimum Gasteiger partial charge on any atom is -0.493 e. The Kier molecular flexibility index (Phi) is 3.36. The maximum atomic E-state index is 10.0. The van der Waals surface area contributed by atoms with Crippen LogP contribution in [0.1, 0.15) is 31.2 Å². The molecule has 3 heterocycles. The molecule has 0 amide bonds. The molecule has 5 rings (SSSR count). The van der Waals surface area contributed by atoms with Crippen molar-refractivity contribution >= 4 is 21.6 Å². The zero-order valence-electron chi connectivity index (χ0n) is 14.0. The average molecular weight is 399 g/mol. The molecule has 2 aromatic rings. The van der Waals surface area contributed by atoms with Crippen LogP contribution < -0.4 is 9.64 Å². The molecule has 1 aromatic heterocycles. The molecule has 5 nitrogen and oxygen atoms in total. The molecule has 3 aliphatic rings. The predicted octanol–water partition coefficient (Wildman–Crippen LogP) is 3.96. The summed E-state index contributed by atoms with van der Waals surface area (Å²) in [6, 6.07) is 6.56. The van der Waals surface area contributed by atoms with Crippen LogP contribution in [0.4, 0.5) is 5.69 Å². The van der Waals surface area contributed by atoms with Gasteiger partial charge in [-0.2, -0.15) is 10.4 Å². The average Bonchev–Trinajstić information content (AvgIpc) is 3.08. The zero-order chi connectivity index (χ0) is 17.0. The molecule has 6 heteroatoms. The molecule has 1 aliphatic carbocycles. The van der Waals surface area contributed by atoms with E-state index in [1.807, 2.05) is 16.9 Å². The van der Waals surface area contributed by atoms with Crippen molar-refractivity contribution in [3.05, 3.63) is 28.4 Å². The molecule has 2 aliphatic heterocycles. The summed E-state index contributed by atoms with van der Waals surface area (Å²) in [5.41, 5.74) is 4.10. The first-order chi connectivity index (χ1) is 12.2. The number of anilines is 1. The number of nitrogens with zero attached hydrogens (tertiary/aromatic N) is 4. The molecule has 1 aromatic carbocycles. The molecular formula is C19H19BrN4O. The van der Waals surface area contributed by atoms with Crippen LogP contribution in [-0.2, 0) is 6.54 Å². The quantitative estimate of drug-likeness (QED) is 0.729. The fraction of sp³-hybridized carbons (Fsp3) is 0.474. The molecule has 0 radical (unpaired) electrons. The van der Waals surface area contributed by atoms with E-state index in [2.05, 4.69) is 38.1 Å². The maximum Gasteiger partial charge on any atom is 0.130 e. The van der Waals surface area contributed by atoms with E-state index in [9.17, 15) is 5.26 Å². The first-order valence-electron chi connectivity index (χ1n) is 8.87. The molecule has 1 saturated heterocycles. The van der Waals surface area contributed by atoms with Gasteiger partial charge in [0, 0.05) is 26.1 Å². The van der Waals surface area contributed by atoms with Crippen LogP contribution >= 0.6 is 15.9 Å². The number of nitriles is 1. The molecule has 25 heavy (non-hydrogen) atoms. The van der Waals surface area contributed by atoms with E-state index >= 15 is 0 Å². The van der Waals surface area contributed by atoms with E-state index in [1.54, 1.807) is 0 Å². The Hall–Kier alpha value is -2.00. The lowest BCUT2D eigenvalue weighted by molar-refractivity contribution is 0.295. The first kappa shape index (κ1) is 15.3. The van der Waals surface area contributed by atoms with Crippen molar-refractivity contribution < 1.29 is 4.74 Å². The second-order valence-electron chi connectivity index (χ2n) is 7.38. The van der Waals surface area contributed by atoms with Gasteiger partial charge in [-0.1, -0.05) is 0 Å². The van der Waals surface area contributed by atoms with Crippen LogP contribution in [0.25, 0.3) is 11.3 Å². The summed E-state index contributed by atoms with van der Waals surface area (Å²) in [5.74, 6) is 0.780. The Bertz CT molecular complexity index is 894. The van der Waals surface area contributed by atoms with Crippen LogP contribution in [0, 0.1) is 16.7 Å². The molecular weight excluding hydrogens is 380 g/mol. The highest BCUT2D eigenvalue weighted by Gasteiger charge is 2.48. The monoisotopic (exact) mass is 398 g/mol. The van der Waals surface area contributed by atoms with Gasteiger partial charge in [0.15, 0.2) is 0 Å². The smallest absolute Gasteiger partial charge is 0.130 e. The third kappa shape index (κ3) is 2.36. The van der Waals surface area contributed by atoms with Gasteiger partial charge < -0.3 is 9.64 Å². The van der Waals surface area contributed by atoms with Crippen molar-refractivity contribution in [1.82, 2.24) is 9.78 Å². The summed E-state index contributed by atoms with van der Waals surface area (Å²) in [6.07, 6.45) is 6.62. The molecule has 0 atom stereocenters. The molecule has 0 unspecified atom stereocenters. The number of fused-ring (bicyclic) bond motifs is 3. The van der Waals surface area contributed by atoms with E-state index in [4.69, 9.17) is 4.74 Å². The number of benzene rings is 1. The van der Waals surface area contributed by atoms with Crippen molar-refractivity contribution in [3.63, 3.8) is 0 Å². The lowest BCUT2D eigenvalue weighted by Gasteiger charge is -2.24. The number of halogens is 1. The number of aromatic nitrogens is 2. The fourth-order valence-corrected chi connectivity index (χ4v) is 4.70. The molecule has 1 saturated carbocycles. The maximum absolute atomic E-state index is 10.0. The summed E-state index contributed by atoms with van der Waals surface area (Å²) in [7, 11) is 0. The van der Waals surface area contributed by atoms with Crippen LogP contribution in [0.5, 0.6) is 5.75 Å². The topological polar surface area (TPSA) is 54.1 Å². The number of aryl methyl sites for hydroxylation is 1. The van der Waals surface area contributed by atoms with E-state index in [-0.39, 0.29) is 0 Å². The van der Waals surface area contributed by atoms with Gasteiger partial charge in [-0.3, -0.25) is 4.68 Å². The number of hydrogen-bond acceptors (Lipinski definition) is 4. The zero-order valence-corrected chi connectivity index (χ0v) is 15.5. The van der Waals surface area contributed by atoms with Crippen molar-refractivity contribution in [1.29, 1.82) is 5.26 Å². The normalized spacial score (nSPS) is 20.2. The van der Waals surface area contributed by atoms with E-state index < -0.39 is 0 Å². The summed E-state index contributed by atoms with van der Waals surface area (Å²) in [5, 5.41) is 14.5. The van der Waals surface area contributed by atoms with E-state index in [1.165, 1.54) is 19.3 Å². The summed E-state index contributed by atoms with van der Waals surface area (Å²) in [4.78, 5) is 2.39.